The van der Waals surface area contributed by atoms with Crippen LogP contribution < -0.4 is 5.32 Å². The summed E-state index contributed by atoms with van der Waals surface area (Å²) >= 11 is 0. The van der Waals surface area contributed by atoms with Gasteiger partial charge in [0.25, 0.3) is 0 Å². The van der Waals surface area contributed by atoms with Gasteiger partial charge in [-0.2, -0.15) is 0 Å². The average Bonchev–Trinajstić information content (AvgIpc) is 2.43. The zero-order chi connectivity index (χ0) is 10.8. The molecule has 0 amide bonds. The van der Waals surface area contributed by atoms with E-state index in [2.05, 4.69) is 30.8 Å². The Kier molecular flexibility index (Phi) is 3.47. The number of hydrogen-bond acceptors (Lipinski definition) is 2. The molecule has 2 aliphatic heterocycles. The number of rotatable bonds is 4. The van der Waals surface area contributed by atoms with Crippen molar-refractivity contribution in [2.24, 2.45) is 0 Å². The molecule has 0 aromatic carbocycles. The Morgan fingerprint density at radius 3 is 2.53 bits per heavy atom. The van der Waals surface area contributed by atoms with Gasteiger partial charge in [0.1, 0.15) is 0 Å². The highest BCUT2D eigenvalue weighted by molar-refractivity contribution is 4.96. The first-order chi connectivity index (χ1) is 7.20. The first-order valence-electron chi connectivity index (χ1n) is 6.29. The van der Waals surface area contributed by atoms with Crippen LogP contribution in [0.2, 0.25) is 0 Å². The van der Waals surface area contributed by atoms with Gasteiger partial charge in [-0.15, -0.1) is 6.58 Å². The van der Waals surface area contributed by atoms with Crippen LogP contribution >= 0.6 is 0 Å². The quantitative estimate of drug-likeness (QED) is 0.712. The molecule has 0 aromatic rings. The van der Waals surface area contributed by atoms with E-state index in [9.17, 15) is 0 Å². The van der Waals surface area contributed by atoms with Crippen molar-refractivity contribution in [2.45, 2.75) is 63.2 Å². The van der Waals surface area contributed by atoms with E-state index in [1.807, 2.05) is 6.08 Å². The number of nitrogens with zero attached hydrogens (tertiary/aromatic N) is 1. The summed E-state index contributed by atoms with van der Waals surface area (Å²) < 4.78 is 0. The molecule has 2 heteroatoms. The maximum atomic E-state index is 3.80. The molecule has 15 heavy (non-hydrogen) atoms. The number of fused-ring (bicyclic) bond motifs is 2. The maximum Gasteiger partial charge on any atom is 0.0111 e. The first kappa shape index (κ1) is 11.2. The molecule has 86 valence electrons. The molecule has 0 saturated carbocycles. The van der Waals surface area contributed by atoms with E-state index < -0.39 is 0 Å². The summed E-state index contributed by atoms with van der Waals surface area (Å²) in [7, 11) is 2.30. The minimum absolute atomic E-state index is 0.593. The van der Waals surface area contributed by atoms with E-state index in [0.717, 1.165) is 24.5 Å². The Labute approximate surface area is 93.7 Å². The molecule has 0 aromatic heterocycles. The SMILES string of the molecule is C=CCC(C)NC1CC2CCC(C1)N2C. The third-order valence-corrected chi connectivity index (χ3v) is 4.14. The lowest BCUT2D eigenvalue weighted by atomic mass is 9.97. The first-order valence-corrected chi connectivity index (χ1v) is 6.29. The Bertz CT molecular complexity index is 213. The molecule has 2 rings (SSSR count). The third-order valence-electron chi connectivity index (χ3n) is 4.14. The van der Waals surface area contributed by atoms with E-state index in [-0.39, 0.29) is 0 Å². The number of hydrogen-bond donors (Lipinski definition) is 1. The van der Waals surface area contributed by atoms with Crippen molar-refractivity contribution in [1.82, 2.24) is 10.2 Å². The van der Waals surface area contributed by atoms with E-state index in [1.165, 1.54) is 25.7 Å². The summed E-state index contributed by atoms with van der Waals surface area (Å²) in [6.45, 7) is 6.07. The smallest absolute Gasteiger partial charge is 0.0111 e. The summed E-state index contributed by atoms with van der Waals surface area (Å²) in [5, 5.41) is 3.74. The van der Waals surface area contributed by atoms with Gasteiger partial charge >= 0.3 is 0 Å². The van der Waals surface area contributed by atoms with Crippen molar-refractivity contribution in [2.75, 3.05) is 7.05 Å². The number of piperidine rings is 1. The van der Waals surface area contributed by atoms with E-state index in [4.69, 9.17) is 0 Å². The molecule has 2 heterocycles. The van der Waals surface area contributed by atoms with E-state index in [1.54, 1.807) is 0 Å². The van der Waals surface area contributed by atoms with Gasteiger partial charge < -0.3 is 10.2 Å². The molecule has 1 N–H and O–H groups in total. The van der Waals surface area contributed by atoms with Crippen molar-refractivity contribution in [3.63, 3.8) is 0 Å². The van der Waals surface area contributed by atoms with Gasteiger partial charge in [0, 0.05) is 24.2 Å². The molecule has 3 unspecified atom stereocenters. The summed E-state index contributed by atoms with van der Waals surface area (Å²) in [5.74, 6) is 0. The second-order valence-electron chi connectivity index (χ2n) is 5.31. The van der Waals surface area contributed by atoms with Crippen LogP contribution in [0.25, 0.3) is 0 Å². The highest BCUT2D eigenvalue weighted by Crippen LogP contribution is 2.34. The van der Waals surface area contributed by atoms with Gasteiger partial charge in [-0.1, -0.05) is 6.08 Å². The lowest BCUT2D eigenvalue weighted by Gasteiger charge is -2.37. The van der Waals surface area contributed by atoms with Crippen LogP contribution in [0.4, 0.5) is 0 Å². The minimum atomic E-state index is 0.593. The van der Waals surface area contributed by atoms with Gasteiger partial charge in [-0.05, 0) is 46.1 Å². The van der Waals surface area contributed by atoms with Gasteiger partial charge in [-0.25, -0.2) is 0 Å². The standard InChI is InChI=1S/C13H24N2/c1-4-5-10(2)14-11-8-12-6-7-13(9-11)15(12)3/h4,10-14H,1,5-9H2,2-3H3. The molecule has 2 bridgehead atoms. The van der Waals surface area contributed by atoms with Crippen molar-refractivity contribution >= 4 is 0 Å². The maximum absolute atomic E-state index is 3.80. The zero-order valence-electron chi connectivity index (χ0n) is 10.1. The van der Waals surface area contributed by atoms with Crippen LogP contribution in [-0.4, -0.2) is 36.1 Å². The van der Waals surface area contributed by atoms with Crippen LogP contribution in [0.1, 0.15) is 39.0 Å². The molecule has 0 aliphatic carbocycles. The Morgan fingerprint density at radius 1 is 1.40 bits per heavy atom. The molecular weight excluding hydrogens is 184 g/mol. The topological polar surface area (TPSA) is 15.3 Å². The van der Waals surface area contributed by atoms with E-state index in [0.29, 0.717) is 6.04 Å². The molecule has 3 atom stereocenters. The summed E-state index contributed by atoms with van der Waals surface area (Å²) in [6, 6.07) is 3.03. The van der Waals surface area contributed by atoms with Gasteiger partial charge in [0.15, 0.2) is 0 Å². The second-order valence-corrected chi connectivity index (χ2v) is 5.31. The lowest BCUT2D eigenvalue weighted by molar-refractivity contribution is 0.144. The fraction of sp³-hybridized carbons (Fsp3) is 0.846. The molecule has 2 fully saturated rings. The fourth-order valence-electron chi connectivity index (χ4n) is 3.27. The minimum Gasteiger partial charge on any atom is -0.311 e. The van der Waals surface area contributed by atoms with Crippen LogP contribution in [-0.2, 0) is 0 Å². The highest BCUT2D eigenvalue weighted by Gasteiger charge is 2.38. The summed E-state index contributed by atoms with van der Waals surface area (Å²) in [5.41, 5.74) is 0. The molecule has 0 spiro atoms. The fourth-order valence-corrected chi connectivity index (χ4v) is 3.27. The van der Waals surface area contributed by atoms with Crippen LogP contribution in [0.15, 0.2) is 12.7 Å². The largest absolute Gasteiger partial charge is 0.311 e. The Hall–Kier alpha value is -0.340. The van der Waals surface area contributed by atoms with Gasteiger partial charge in [0.05, 0.1) is 0 Å². The Morgan fingerprint density at radius 2 is 2.00 bits per heavy atom. The van der Waals surface area contributed by atoms with Gasteiger partial charge in [0.2, 0.25) is 0 Å². The van der Waals surface area contributed by atoms with E-state index >= 15 is 0 Å². The zero-order valence-corrected chi connectivity index (χ0v) is 10.1. The van der Waals surface area contributed by atoms with Crippen molar-refractivity contribution in [3.05, 3.63) is 12.7 Å². The molecular formula is C13H24N2. The van der Waals surface area contributed by atoms with Crippen molar-refractivity contribution in [1.29, 1.82) is 0 Å². The number of nitrogens with one attached hydrogen (secondary N) is 1. The lowest BCUT2D eigenvalue weighted by Crippen LogP contribution is -2.49. The highest BCUT2D eigenvalue weighted by atomic mass is 15.2. The molecule has 2 saturated heterocycles. The predicted octanol–water partition coefficient (Wildman–Crippen LogP) is 2.17. The van der Waals surface area contributed by atoms with Crippen LogP contribution in [0, 0.1) is 0 Å². The Balaban J connectivity index is 1.83. The van der Waals surface area contributed by atoms with Crippen LogP contribution in [0.5, 0.6) is 0 Å². The molecule has 2 aliphatic rings. The average molecular weight is 208 g/mol. The van der Waals surface area contributed by atoms with Crippen LogP contribution in [0.3, 0.4) is 0 Å². The second kappa shape index (κ2) is 4.67. The normalized spacial score (nSPS) is 37.9. The van der Waals surface area contributed by atoms with Gasteiger partial charge in [-0.3, -0.25) is 0 Å². The summed E-state index contributed by atoms with van der Waals surface area (Å²) in [6.07, 6.45) is 8.61. The summed E-state index contributed by atoms with van der Waals surface area (Å²) in [4.78, 5) is 2.59. The monoisotopic (exact) mass is 208 g/mol. The van der Waals surface area contributed by atoms with Crippen molar-refractivity contribution in [3.8, 4) is 0 Å². The molecule has 2 nitrogen and oxygen atoms in total. The van der Waals surface area contributed by atoms with Crippen molar-refractivity contribution < 1.29 is 0 Å². The molecule has 0 radical (unpaired) electrons. The third kappa shape index (κ3) is 2.43. The predicted molar refractivity (Wildman–Crippen MR) is 65.0 cm³/mol.